The predicted octanol–water partition coefficient (Wildman–Crippen LogP) is 4.52. The van der Waals surface area contributed by atoms with Gasteiger partial charge in [0.25, 0.3) is 5.56 Å². The van der Waals surface area contributed by atoms with Crippen LogP contribution in [0.15, 0.2) is 52.2 Å². The van der Waals surface area contributed by atoms with E-state index >= 15 is 0 Å². The standard InChI is InChI=1S/C17H11Cl2N3OS/c18-12-5-3-6-13(19)16(12)24-10-15-21-14-7-2-1-4-11(14)17(23)22(15)9-8-20/h1-7H,9-10H2. The van der Waals surface area contributed by atoms with E-state index in [1.54, 1.807) is 36.4 Å². The Morgan fingerprint density at radius 1 is 1.12 bits per heavy atom. The van der Waals surface area contributed by atoms with Crippen molar-refractivity contribution in [2.75, 3.05) is 0 Å². The van der Waals surface area contributed by atoms with Crippen LogP contribution in [0.5, 0.6) is 0 Å². The Morgan fingerprint density at radius 3 is 2.54 bits per heavy atom. The molecule has 0 radical (unpaired) electrons. The molecule has 0 atom stereocenters. The van der Waals surface area contributed by atoms with E-state index in [0.29, 0.717) is 32.5 Å². The minimum absolute atomic E-state index is 0.0528. The first-order chi connectivity index (χ1) is 11.6. The van der Waals surface area contributed by atoms with Crippen LogP contribution in [0.2, 0.25) is 10.0 Å². The summed E-state index contributed by atoms with van der Waals surface area (Å²) in [4.78, 5) is 17.9. The van der Waals surface area contributed by atoms with E-state index in [0.717, 1.165) is 4.90 Å². The third kappa shape index (κ3) is 3.27. The molecule has 0 aliphatic heterocycles. The van der Waals surface area contributed by atoms with Gasteiger partial charge in [0.15, 0.2) is 0 Å². The second-order valence-corrected chi connectivity index (χ2v) is 6.73. The van der Waals surface area contributed by atoms with Gasteiger partial charge >= 0.3 is 0 Å². The summed E-state index contributed by atoms with van der Waals surface area (Å²) in [7, 11) is 0. The maximum atomic E-state index is 12.6. The van der Waals surface area contributed by atoms with Crippen molar-refractivity contribution in [2.45, 2.75) is 17.2 Å². The minimum atomic E-state index is -0.219. The highest BCUT2D eigenvalue weighted by Gasteiger charge is 2.13. The molecule has 3 aromatic rings. The summed E-state index contributed by atoms with van der Waals surface area (Å²) in [5.74, 6) is 0.895. The molecule has 0 saturated carbocycles. The average molecular weight is 376 g/mol. The second-order valence-electron chi connectivity index (χ2n) is 4.93. The van der Waals surface area contributed by atoms with Gasteiger partial charge in [-0.3, -0.25) is 9.36 Å². The van der Waals surface area contributed by atoms with Crippen molar-refractivity contribution < 1.29 is 0 Å². The molecule has 0 aliphatic rings. The number of rotatable bonds is 4. The minimum Gasteiger partial charge on any atom is -0.281 e. The normalized spacial score (nSPS) is 10.7. The lowest BCUT2D eigenvalue weighted by Crippen LogP contribution is -2.24. The van der Waals surface area contributed by atoms with Crippen LogP contribution < -0.4 is 5.56 Å². The molecular weight excluding hydrogens is 365 g/mol. The number of halogens is 2. The number of para-hydroxylation sites is 1. The van der Waals surface area contributed by atoms with Gasteiger partial charge in [0.1, 0.15) is 12.4 Å². The summed E-state index contributed by atoms with van der Waals surface area (Å²) in [6, 6.07) is 14.4. The topological polar surface area (TPSA) is 58.7 Å². The van der Waals surface area contributed by atoms with Crippen LogP contribution in [0.3, 0.4) is 0 Å². The van der Waals surface area contributed by atoms with Crippen molar-refractivity contribution in [1.82, 2.24) is 9.55 Å². The van der Waals surface area contributed by atoms with Gasteiger partial charge in [-0.1, -0.05) is 41.4 Å². The Balaban J connectivity index is 2.04. The zero-order valence-corrected chi connectivity index (χ0v) is 14.7. The van der Waals surface area contributed by atoms with Crippen molar-refractivity contribution >= 4 is 45.9 Å². The highest BCUT2D eigenvalue weighted by atomic mass is 35.5. The summed E-state index contributed by atoms with van der Waals surface area (Å²) in [5.41, 5.74) is 0.389. The number of fused-ring (bicyclic) bond motifs is 1. The maximum Gasteiger partial charge on any atom is 0.262 e. The lowest BCUT2D eigenvalue weighted by Gasteiger charge is -2.11. The van der Waals surface area contributed by atoms with Crippen LogP contribution in [0, 0.1) is 11.3 Å². The fraction of sp³-hybridized carbons (Fsp3) is 0.118. The number of hydrogen-bond acceptors (Lipinski definition) is 4. The molecule has 0 amide bonds. The molecule has 1 aromatic heterocycles. The third-order valence-electron chi connectivity index (χ3n) is 3.43. The SMILES string of the molecule is N#CCn1c(CSc2c(Cl)cccc2Cl)nc2ccccc2c1=O. The Bertz CT molecular complexity index is 991. The molecule has 0 spiro atoms. The first kappa shape index (κ1) is 16.8. The Hall–Kier alpha value is -2.00. The molecule has 24 heavy (non-hydrogen) atoms. The lowest BCUT2D eigenvalue weighted by molar-refractivity contribution is 0.730. The number of nitrogens with zero attached hydrogens (tertiary/aromatic N) is 3. The second kappa shape index (κ2) is 7.27. The van der Waals surface area contributed by atoms with Crippen molar-refractivity contribution in [1.29, 1.82) is 5.26 Å². The molecular formula is C17H11Cl2N3OS. The summed E-state index contributed by atoms with van der Waals surface area (Å²) < 4.78 is 1.39. The summed E-state index contributed by atoms with van der Waals surface area (Å²) in [6.45, 7) is -0.0528. The molecule has 0 unspecified atom stereocenters. The van der Waals surface area contributed by atoms with Crippen LogP contribution in [-0.4, -0.2) is 9.55 Å². The van der Waals surface area contributed by atoms with E-state index in [9.17, 15) is 4.79 Å². The molecule has 0 bridgehead atoms. The molecule has 2 aromatic carbocycles. The quantitative estimate of drug-likeness (QED) is 0.629. The number of hydrogen-bond donors (Lipinski definition) is 0. The molecule has 7 heteroatoms. The molecule has 4 nitrogen and oxygen atoms in total. The van der Waals surface area contributed by atoms with Crippen LogP contribution in [0.25, 0.3) is 10.9 Å². The largest absolute Gasteiger partial charge is 0.281 e. The van der Waals surface area contributed by atoms with Gasteiger partial charge in [-0.25, -0.2) is 4.98 Å². The van der Waals surface area contributed by atoms with E-state index in [1.165, 1.54) is 16.3 Å². The number of nitriles is 1. The summed E-state index contributed by atoms with van der Waals surface area (Å²) >= 11 is 13.7. The van der Waals surface area contributed by atoms with Gasteiger partial charge < -0.3 is 0 Å². The van der Waals surface area contributed by atoms with Crippen LogP contribution >= 0.6 is 35.0 Å². The van der Waals surface area contributed by atoms with E-state index in [-0.39, 0.29) is 12.1 Å². The van der Waals surface area contributed by atoms with Crippen molar-refractivity contribution in [3.8, 4) is 6.07 Å². The van der Waals surface area contributed by atoms with Crippen molar-refractivity contribution in [3.05, 3.63) is 68.7 Å². The summed E-state index contributed by atoms with van der Waals surface area (Å²) in [6.07, 6.45) is 0. The van der Waals surface area contributed by atoms with Gasteiger partial charge in [0.2, 0.25) is 0 Å². The molecule has 1 heterocycles. The van der Waals surface area contributed by atoms with E-state index < -0.39 is 0 Å². The van der Waals surface area contributed by atoms with E-state index in [2.05, 4.69) is 4.98 Å². The van der Waals surface area contributed by atoms with E-state index in [4.69, 9.17) is 28.5 Å². The lowest BCUT2D eigenvalue weighted by atomic mass is 10.2. The maximum absolute atomic E-state index is 12.6. The monoisotopic (exact) mass is 375 g/mol. The molecule has 3 rings (SSSR count). The zero-order valence-electron chi connectivity index (χ0n) is 12.4. The van der Waals surface area contributed by atoms with Crippen LogP contribution in [-0.2, 0) is 12.3 Å². The van der Waals surface area contributed by atoms with Gasteiger partial charge in [-0.2, -0.15) is 5.26 Å². The smallest absolute Gasteiger partial charge is 0.262 e. The number of benzene rings is 2. The number of thioether (sulfide) groups is 1. The van der Waals surface area contributed by atoms with Crippen molar-refractivity contribution in [2.24, 2.45) is 0 Å². The third-order valence-corrected chi connectivity index (χ3v) is 5.42. The highest BCUT2D eigenvalue weighted by Crippen LogP contribution is 2.35. The first-order valence-electron chi connectivity index (χ1n) is 7.04. The van der Waals surface area contributed by atoms with Crippen LogP contribution in [0.4, 0.5) is 0 Å². The van der Waals surface area contributed by atoms with Gasteiger partial charge in [-0.15, -0.1) is 11.8 Å². The van der Waals surface area contributed by atoms with Gasteiger partial charge in [0, 0.05) is 4.90 Å². The predicted molar refractivity (Wildman–Crippen MR) is 97.6 cm³/mol. The Labute approximate surface area is 152 Å². The molecule has 120 valence electrons. The Morgan fingerprint density at radius 2 is 1.83 bits per heavy atom. The average Bonchev–Trinajstić information content (AvgIpc) is 2.57. The zero-order chi connectivity index (χ0) is 17.1. The highest BCUT2D eigenvalue weighted by molar-refractivity contribution is 7.98. The summed E-state index contributed by atoms with van der Waals surface area (Å²) in [5, 5.41) is 10.6. The molecule has 0 N–H and O–H groups in total. The van der Waals surface area contributed by atoms with Crippen molar-refractivity contribution in [3.63, 3.8) is 0 Å². The molecule has 0 fully saturated rings. The van der Waals surface area contributed by atoms with Gasteiger partial charge in [-0.05, 0) is 24.3 Å². The fourth-order valence-electron chi connectivity index (χ4n) is 2.32. The fourth-order valence-corrected chi connectivity index (χ4v) is 3.95. The molecule has 0 aliphatic carbocycles. The molecule has 0 saturated heterocycles. The Kier molecular flexibility index (Phi) is 5.10. The van der Waals surface area contributed by atoms with Crippen LogP contribution in [0.1, 0.15) is 5.82 Å². The van der Waals surface area contributed by atoms with Gasteiger partial charge in [0.05, 0.1) is 32.8 Å². The van der Waals surface area contributed by atoms with E-state index in [1.807, 2.05) is 12.1 Å². The first-order valence-corrected chi connectivity index (χ1v) is 8.78. The number of aromatic nitrogens is 2.